The van der Waals surface area contributed by atoms with Crippen LogP contribution in [0.2, 0.25) is 0 Å². The topological polar surface area (TPSA) is 18.8 Å². The Labute approximate surface area is 201 Å². The summed E-state index contributed by atoms with van der Waals surface area (Å²) in [5.74, 6) is 0.612. The maximum atomic E-state index is 4.64. The van der Waals surface area contributed by atoms with E-state index in [1.807, 2.05) is 13.1 Å². The number of rotatable bonds is 11. The molecule has 0 N–H and O–H groups in total. The van der Waals surface area contributed by atoms with Crippen molar-refractivity contribution in [2.75, 3.05) is 39.8 Å². The van der Waals surface area contributed by atoms with Gasteiger partial charge in [-0.25, -0.2) is 0 Å². The molecule has 1 heterocycles. The highest BCUT2D eigenvalue weighted by atomic mass is 15.3. The Hall–Kier alpha value is -2.65. The standard InChI is InChI=1S/C30H41N3/c1-6-7-9-14-24(2)25(3)23-32-19-21-33(22-20-32)26(4)28-17-12-13-18-29(28)30(31-5)27-15-10-8-11-16-27/h8,10-13,15-18,24H,3-4,6-7,9,14,19-23H2,1-2,5H3/b31-30-. The van der Waals surface area contributed by atoms with Crippen LogP contribution in [0.1, 0.15) is 56.2 Å². The average Bonchev–Trinajstić information content (AvgIpc) is 2.85. The van der Waals surface area contributed by atoms with Crippen LogP contribution in [-0.4, -0.2) is 55.3 Å². The molecule has 2 aromatic rings. The fraction of sp³-hybridized carbons (Fsp3) is 0.433. The zero-order chi connectivity index (χ0) is 23.6. The van der Waals surface area contributed by atoms with Gasteiger partial charge in [0.15, 0.2) is 0 Å². The van der Waals surface area contributed by atoms with Gasteiger partial charge in [0, 0.05) is 62.2 Å². The second-order valence-corrected chi connectivity index (χ2v) is 9.25. The Morgan fingerprint density at radius 3 is 2.18 bits per heavy atom. The minimum absolute atomic E-state index is 0.612. The molecule has 1 unspecified atom stereocenters. The first kappa shape index (κ1) is 25.0. The Balaban J connectivity index is 1.62. The summed E-state index contributed by atoms with van der Waals surface area (Å²) in [6.45, 7) is 18.6. The minimum Gasteiger partial charge on any atom is -0.369 e. The number of aliphatic imine (C=N–C) groups is 1. The van der Waals surface area contributed by atoms with Gasteiger partial charge in [0.05, 0.1) is 5.71 Å². The lowest BCUT2D eigenvalue weighted by atomic mass is 9.95. The zero-order valence-electron chi connectivity index (χ0n) is 20.9. The molecule has 0 amide bonds. The molecule has 176 valence electrons. The Kier molecular flexibility index (Phi) is 9.50. The third-order valence-electron chi connectivity index (χ3n) is 6.88. The van der Waals surface area contributed by atoms with Crippen LogP contribution in [0.15, 0.2) is 78.3 Å². The molecule has 1 saturated heterocycles. The molecule has 1 aliphatic heterocycles. The highest BCUT2D eigenvalue weighted by molar-refractivity contribution is 6.15. The van der Waals surface area contributed by atoms with Crippen molar-refractivity contribution in [3.05, 3.63) is 90.0 Å². The lowest BCUT2D eigenvalue weighted by molar-refractivity contribution is 0.184. The number of unbranched alkanes of at least 4 members (excludes halogenated alkanes) is 2. The average molecular weight is 444 g/mol. The van der Waals surface area contributed by atoms with Crippen LogP contribution in [-0.2, 0) is 0 Å². The van der Waals surface area contributed by atoms with Crippen molar-refractivity contribution in [1.29, 1.82) is 0 Å². The van der Waals surface area contributed by atoms with Gasteiger partial charge in [0.1, 0.15) is 0 Å². The van der Waals surface area contributed by atoms with Crippen LogP contribution in [0, 0.1) is 5.92 Å². The fourth-order valence-electron chi connectivity index (χ4n) is 4.64. The van der Waals surface area contributed by atoms with Gasteiger partial charge in [-0.15, -0.1) is 0 Å². The Morgan fingerprint density at radius 2 is 1.55 bits per heavy atom. The zero-order valence-corrected chi connectivity index (χ0v) is 20.9. The van der Waals surface area contributed by atoms with Crippen LogP contribution < -0.4 is 0 Å². The second-order valence-electron chi connectivity index (χ2n) is 9.25. The summed E-state index contributed by atoms with van der Waals surface area (Å²) < 4.78 is 0. The van der Waals surface area contributed by atoms with Crippen molar-refractivity contribution in [2.24, 2.45) is 10.9 Å². The lowest BCUT2D eigenvalue weighted by Crippen LogP contribution is -2.46. The van der Waals surface area contributed by atoms with Crippen molar-refractivity contribution < 1.29 is 0 Å². The first-order chi connectivity index (χ1) is 16.0. The SMILES string of the molecule is C=C(CN1CCN(C(=C)c2ccccc2/C(=N\C)c2ccccc2)CC1)C(C)CCCCC. The number of nitrogens with zero attached hydrogens (tertiary/aromatic N) is 3. The highest BCUT2D eigenvalue weighted by Gasteiger charge is 2.22. The van der Waals surface area contributed by atoms with Crippen LogP contribution in [0.5, 0.6) is 0 Å². The molecule has 2 aromatic carbocycles. The Bertz CT molecular complexity index is 936. The van der Waals surface area contributed by atoms with Gasteiger partial charge < -0.3 is 4.90 Å². The van der Waals surface area contributed by atoms with Crippen molar-refractivity contribution in [3.63, 3.8) is 0 Å². The molecule has 3 rings (SSSR count). The normalized spacial score (nSPS) is 16.0. The summed E-state index contributed by atoms with van der Waals surface area (Å²) in [6.07, 6.45) is 5.19. The first-order valence-corrected chi connectivity index (χ1v) is 12.5. The number of benzene rings is 2. The molecule has 1 fully saturated rings. The van der Waals surface area contributed by atoms with Gasteiger partial charge in [0.2, 0.25) is 0 Å². The molecule has 0 radical (unpaired) electrons. The van der Waals surface area contributed by atoms with Crippen LogP contribution >= 0.6 is 0 Å². The van der Waals surface area contributed by atoms with Gasteiger partial charge in [-0.2, -0.15) is 0 Å². The van der Waals surface area contributed by atoms with Crippen molar-refractivity contribution in [1.82, 2.24) is 9.80 Å². The maximum Gasteiger partial charge on any atom is 0.0722 e. The number of piperazine rings is 1. The van der Waals surface area contributed by atoms with Crippen molar-refractivity contribution in [2.45, 2.75) is 39.5 Å². The number of hydrogen-bond donors (Lipinski definition) is 0. The van der Waals surface area contributed by atoms with E-state index in [1.165, 1.54) is 36.8 Å². The van der Waals surface area contributed by atoms with Gasteiger partial charge in [-0.1, -0.05) is 106 Å². The summed E-state index contributed by atoms with van der Waals surface area (Å²) in [6, 6.07) is 18.9. The van der Waals surface area contributed by atoms with E-state index in [1.54, 1.807) is 0 Å². The maximum absolute atomic E-state index is 4.64. The summed E-state index contributed by atoms with van der Waals surface area (Å²) in [4.78, 5) is 9.63. The molecule has 1 aliphatic rings. The third kappa shape index (κ3) is 6.68. The smallest absolute Gasteiger partial charge is 0.0722 e. The molecular formula is C30H41N3. The minimum atomic E-state index is 0.612. The molecule has 33 heavy (non-hydrogen) atoms. The summed E-state index contributed by atoms with van der Waals surface area (Å²) in [7, 11) is 1.87. The van der Waals surface area contributed by atoms with E-state index in [-0.39, 0.29) is 0 Å². The molecule has 3 heteroatoms. The predicted molar refractivity (Wildman–Crippen MR) is 144 cm³/mol. The monoisotopic (exact) mass is 443 g/mol. The highest BCUT2D eigenvalue weighted by Crippen LogP contribution is 2.26. The van der Waals surface area contributed by atoms with E-state index in [9.17, 15) is 0 Å². The van der Waals surface area contributed by atoms with Gasteiger partial charge in [0.25, 0.3) is 0 Å². The Morgan fingerprint density at radius 1 is 0.909 bits per heavy atom. The number of hydrogen-bond acceptors (Lipinski definition) is 3. The van der Waals surface area contributed by atoms with Crippen molar-refractivity contribution in [3.8, 4) is 0 Å². The predicted octanol–water partition coefficient (Wildman–Crippen LogP) is 6.51. The third-order valence-corrected chi connectivity index (χ3v) is 6.88. The lowest BCUT2D eigenvalue weighted by Gasteiger charge is -2.38. The van der Waals surface area contributed by atoms with Crippen LogP contribution in [0.25, 0.3) is 5.70 Å². The molecule has 3 nitrogen and oxygen atoms in total. The van der Waals surface area contributed by atoms with Crippen LogP contribution in [0.4, 0.5) is 0 Å². The summed E-state index contributed by atoms with van der Waals surface area (Å²) >= 11 is 0. The molecule has 0 aromatic heterocycles. The van der Waals surface area contributed by atoms with E-state index in [0.29, 0.717) is 5.92 Å². The fourth-order valence-corrected chi connectivity index (χ4v) is 4.64. The van der Waals surface area contributed by atoms with Crippen LogP contribution in [0.3, 0.4) is 0 Å². The van der Waals surface area contributed by atoms with Gasteiger partial charge >= 0.3 is 0 Å². The quantitative estimate of drug-likeness (QED) is 0.224. The molecule has 0 bridgehead atoms. The van der Waals surface area contributed by atoms with E-state index in [4.69, 9.17) is 0 Å². The van der Waals surface area contributed by atoms with E-state index in [2.05, 4.69) is 90.3 Å². The van der Waals surface area contributed by atoms with E-state index < -0.39 is 0 Å². The van der Waals surface area contributed by atoms with Gasteiger partial charge in [-0.05, 0) is 12.3 Å². The summed E-state index contributed by atoms with van der Waals surface area (Å²) in [5, 5.41) is 0. The molecule has 0 saturated carbocycles. The largest absolute Gasteiger partial charge is 0.369 e. The van der Waals surface area contributed by atoms with Crippen molar-refractivity contribution >= 4 is 11.4 Å². The molecular weight excluding hydrogens is 402 g/mol. The molecule has 0 spiro atoms. The first-order valence-electron chi connectivity index (χ1n) is 12.5. The molecule has 0 aliphatic carbocycles. The summed E-state index contributed by atoms with van der Waals surface area (Å²) in [5.41, 5.74) is 6.94. The van der Waals surface area contributed by atoms with E-state index >= 15 is 0 Å². The molecule has 1 atom stereocenters. The van der Waals surface area contributed by atoms with Gasteiger partial charge in [-0.3, -0.25) is 9.89 Å². The van der Waals surface area contributed by atoms with E-state index in [0.717, 1.165) is 55.3 Å². The second kappa shape index (κ2) is 12.6.